The van der Waals surface area contributed by atoms with E-state index < -0.39 is 0 Å². The van der Waals surface area contributed by atoms with Crippen LogP contribution in [0.15, 0.2) is 45.5 Å². The molecule has 0 atom stereocenters. The first-order chi connectivity index (χ1) is 8.70. The first-order valence-corrected chi connectivity index (χ1v) is 6.35. The van der Waals surface area contributed by atoms with E-state index in [4.69, 9.17) is 27.0 Å². The number of benzene rings is 1. The zero-order chi connectivity index (χ0) is 13.0. The molecule has 7 heteroatoms. The van der Waals surface area contributed by atoms with Crippen LogP contribution in [0.5, 0.6) is 0 Å². The van der Waals surface area contributed by atoms with Crippen molar-refractivity contribution in [1.29, 1.82) is 0 Å². The second kappa shape index (κ2) is 5.79. The van der Waals surface area contributed by atoms with Crippen molar-refractivity contribution in [3.63, 3.8) is 0 Å². The Kier molecular flexibility index (Phi) is 4.11. The Morgan fingerprint density at radius 2 is 2.39 bits per heavy atom. The predicted molar refractivity (Wildman–Crippen MR) is 70.0 cm³/mol. The first kappa shape index (κ1) is 12.8. The fourth-order valence-corrected chi connectivity index (χ4v) is 2.42. The maximum Gasteiger partial charge on any atom is 0.255 e. The molecule has 0 amide bonds. The number of hydrogen-bond acceptors (Lipinski definition) is 5. The van der Waals surface area contributed by atoms with Crippen LogP contribution in [0.25, 0.3) is 0 Å². The molecule has 0 saturated carbocycles. The lowest BCUT2D eigenvalue weighted by atomic mass is 10.1. The number of aromatic nitrogens is 1. The lowest BCUT2D eigenvalue weighted by molar-refractivity contribution is 0.318. The highest BCUT2D eigenvalue weighted by molar-refractivity contribution is 7.98. The SMILES string of the molecule is N/C(=N/O)c1ccc(CSc2ncco2)c(Cl)c1. The molecule has 5 nitrogen and oxygen atoms in total. The van der Waals surface area contributed by atoms with Gasteiger partial charge in [-0.2, -0.15) is 0 Å². The molecular weight excluding hydrogens is 274 g/mol. The summed E-state index contributed by atoms with van der Waals surface area (Å²) in [6, 6.07) is 5.22. The maximum atomic E-state index is 8.57. The van der Waals surface area contributed by atoms with Gasteiger partial charge in [0.25, 0.3) is 5.22 Å². The summed E-state index contributed by atoms with van der Waals surface area (Å²) in [6.45, 7) is 0. The van der Waals surface area contributed by atoms with Crippen molar-refractivity contribution in [1.82, 2.24) is 4.98 Å². The van der Waals surface area contributed by atoms with Crippen LogP contribution in [0.1, 0.15) is 11.1 Å². The number of amidine groups is 1. The van der Waals surface area contributed by atoms with Crippen molar-refractivity contribution in [2.24, 2.45) is 10.9 Å². The molecule has 0 aliphatic rings. The van der Waals surface area contributed by atoms with Gasteiger partial charge in [-0.1, -0.05) is 40.7 Å². The highest BCUT2D eigenvalue weighted by atomic mass is 35.5. The predicted octanol–water partition coefficient (Wildman–Crippen LogP) is 2.71. The Hall–Kier alpha value is -1.66. The Bertz CT molecular complexity index is 557. The smallest absolute Gasteiger partial charge is 0.255 e. The van der Waals surface area contributed by atoms with Crippen LogP contribution in [0.3, 0.4) is 0 Å². The van der Waals surface area contributed by atoms with E-state index in [2.05, 4.69) is 10.1 Å². The van der Waals surface area contributed by atoms with Crippen molar-refractivity contribution in [2.75, 3.05) is 0 Å². The molecule has 0 bridgehead atoms. The number of oxazole rings is 1. The fraction of sp³-hybridized carbons (Fsp3) is 0.0909. The van der Waals surface area contributed by atoms with Crippen molar-refractivity contribution in [3.05, 3.63) is 46.8 Å². The minimum Gasteiger partial charge on any atom is -0.440 e. The zero-order valence-corrected chi connectivity index (χ0v) is 10.8. The molecule has 0 spiro atoms. The van der Waals surface area contributed by atoms with Gasteiger partial charge in [0, 0.05) is 16.3 Å². The van der Waals surface area contributed by atoms with Crippen LogP contribution in [0, 0.1) is 0 Å². The number of oxime groups is 1. The van der Waals surface area contributed by atoms with Crippen molar-refractivity contribution >= 4 is 29.2 Å². The Labute approximate surface area is 113 Å². The maximum absolute atomic E-state index is 8.57. The molecule has 1 aromatic carbocycles. The number of nitrogens with zero attached hydrogens (tertiary/aromatic N) is 2. The molecule has 2 rings (SSSR count). The Balaban J connectivity index is 2.10. The summed E-state index contributed by atoms with van der Waals surface area (Å²) in [5.74, 6) is 0.666. The second-order valence-corrected chi connectivity index (χ2v) is 4.71. The number of thioether (sulfide) groups is 1. The molecule has 3 N–H and O–H groups in total. The molecule has 0 saturated heterocycles. The molecule has 0 aliphatic carbocycles. The van der Waals surface area contributed by atoms with Crippen molar-refractivity contribution in [3.8, 4) is 0 Å². The topological polar surface area (TPSA) is 84.6 Å². The van der Waals surface area contributed by atoms with Crippen LogP contribution in [-0.4, -0.2) is 16.0 Å². The third-order valence-corrected chi connectivity index (χ3v) is 3.47. The van der Waals surface area contributed by atoms with Crippen molar-refractivity contribution < 1.29 is 9.62 Å². The van der Waals surface area contributed by atoms with E-state index in [1.807, 2.05) is 6.07 Å². The third kappa shape index (κ3) is 2.96. The van der Waals surface area contributed by atoms with E-state index in [0.717, 1.165) is 5.56 Å². The van der Waals surface area contributed by atoms with Crippen LogP contribution >= 0.6 is 23.4 Å². The van der Waals surface area contributed by atoms with E-state index in [9.17, 15) is 0 Å². The van der Waals surface area contributed by atoms with Crippen LogP contribution in [0.4, 0.5) is 0 Å². The summed E-state index contributed by atoms with van der Waals surface area (Å²) in [4.78, 5) is 4.00. The third-order valence-electron chi connectivity index (χ3n) is 2.22. The average Bonchev–Trinajstić information content (AvgIpc) is 2.89. The summed E-state index contributed by atoms with van der Waals surface area (Å²) < 4.78 is 5.11. The molecule has 0 aliphatic heterocycles. The molecule has 94 valence electrons. The summed E-state index contributed by atoms with van der Waals surface area (Å²) in [5.41, 5.74) is 6.98. The van der Waals surface area contributed by atoms with Gasteiger partial charge in [0.15, 0.2) is 5.84 Å². The summed E-state index contributed by atoms with van der Waals surface area (Å²) in [6.07, 6.45) is 3.11. The monoisotopic (exact) mass is 283 g/mol. The summed E-state index contributed by atoms with van der Waals surface area (Å²) >= 11 is 7.56. The van der Waals surface area contributed by atoms with Crippen LogP contribution in [-0.2, 0) is 5.75 Å². The van der Waals surface area contributed by atoms with E-state index in [0.29, 0.717) is 21.6 Å². The minimum absolute atomic E-state index is 0.0313. The highest BCUT2D eigenvalue weighted by Crippen LogP contribution is 2.26. The van der Waals surface area contributed by atoms with Gasteiger partial charge in [-0.05, 0) is 11.6 Å². The summed E-state index contributed by atoms with van der Waals surface area (Å²) in [7, 11) is 0. The molecule has 0 unspecified atom stereocenters. The fourth-order valence-electron chi connectivity index (χ4n) is 1.30. The molecule has 1 aromatic heterocycles. The van der Waals surface area contributed by atoms with Crippen molar-refractivity contribution in [2.45, 2.75) is 11.0 Å². The van der Waals surface area contributed by atoms with Crippen LogP contribution < -0.4 is 5.73 Å². The van der Waals surface area contributed by atoms with Gasteiger partial charge >= 0.3 is 0 Å². The second-order valence-electron chi connectivity index (χ2n) is 3.38. The molecule has 0 fully saturated rings. The lowest BCUT2D eigenvalue weighted by Gasteiger charge is -2.05. The Morgan fingerprint density at radius 1 is 1.56 bits per heavy atom. The molecular formula is C11H10ClN3O2S. The Morgan fingerprint density at radius 3 is 3.00 bits per heavy atom. The zero-order valence-electron chi connectivity index (χ0n) is 9.21. The minimum atomic E-state index is 0.0313. The number of halogens is 1. The molecule has 0 radical (unpaired) electrons. The molecule has 2 aromatic rings. The van der Waals surface area contributed by atoms with Crippen LogP contribution in [0.2, 0.25) is 5.02 Å². The first-order valence-electron chi connectivity index (χ1n) is 4.99. The van der Waals surface area contributed by atoms with E-state index in [1.54, 1.807) is 18.3 Å². The van der Waals surface area contributed by atoms with Gasteiger partial charge in [-0.25, -0.2) is 4.98 Å². The lowest BCUT2D eigenvalue weighted by Crippen LogP contribution is -2.12. The quantitative estimate of drug-likeness (QED) is 0.296. The standard InChI is InChI=1S/C11H10ClN3O2S/c12-9-5-7(10(13)15-16)1-2-8(9)6-18-11-14-3-4-17-11/h1-5,16H,6H2,(H2,13,15). The van der Waals surface area contributed by atoms with E-state index in [-0.39, 0.29) is 5.84 Å². The van der Waals surface area contributed by atoms with E-state index in [1.165, 1.54) is 18.0 Å². The molecule has 18 heavy (non-hydrogen) atoms. The van der Waals surface area contributed by atoms with Gasteiger partial charge in [0.1, 0.15) is 6.26 Å². The average molecular weight is 284 g/mol. The molecule has 1 heterocycles. The van der Waals surface area contributed by atoms with Gasteiger partial charge in [0.2, 0.25) is 0 Å². The number of nitrogens with two attached hydrogens (primary N) is 1. The summed E-state index contributed by atoms with van der Waals surface area (Å²) in [5, 5.41) is 12.6. The number of rotatable bonds is 4. The number of hydrogen-bond donors (Lipinski definition) is 2. The van der Waals surface area contributed by atoms with Gasteiger partial charge < -0.3 is 15.4 Å². The van der Waals surface area contributed by atoms with Gasteiger partial charge in [0.05, 0.1) is 6.20 Å². The van der Waals surface area contributed by atoms with Gasteiger partial charge in [-0.3, -0.25) is 0 Å². The highest BCUT2D eigenvalue weighted by Gasteiger charge is 2.07. The largest absolute Gasteiger partial charge is 0.440 e. The normalized spacial score (nSPS) is 11.7. The van der Waals surface area contributed by atoms with E-state index >= 15 is 0 Å². The van der Waals surface area contributed by atoms with Gasteiger partial charge in [-0.15, -0.1) is 0 Å².